The molecule has 0 bridgehead atoms. The van der Waals surface area contributed by atoms with Gasteiger partial charge in [-0.1, -0.05) is 0 Å². The third kappa shape index (κ3) is 3.07. The Labute approximate surface area is 128 Å². The minimum atomic E-state index is -0.865. The lowest BCUT2D eigenvalue weighted by molar-refractivity contribution is -0.193. The number of rotatable bonds is 5. The molecule has 5 atom stereocenters. The monoisotopic (exact) mass is 316 g/mol. The third-order valence-electron chi connectivity index (χ3n) is 4.00. The van der Waals surface area contributed by atoms with Gasteiger partial charge in [-0.15, -0.1) is 0 Å². The van der Waals surface area contributed by atoms with Gasteiger partial charge in [-0.2, -0.15) is 0 Å². The summed E-state index contributed by atoms with van der Waals surface area (Å²) >= 11 is 0. The molecule has 2 fully saturated rings. The number of hydrogen-bond donors (Lipinski definition) is 0. The van der Waals surface area contributed by atoms with E-state index in [-0.39, 0.29) is 18.3 Å². The zero-order valence-corrected chi connectivity index (χ0v) is 12.9. The Morgan fingerprint density at radius 2 is 1.64 bits per heavy atom. The fraction of sp³-hybridized carbons (Fsp3) is 0.786. The molecule has 2 rings (SSSR count). The SMILES string of the molecule is COC(OC)[C@H]1[C@H]2CC(=O)O[C@H]2[C@H](OC(C)=O)[C@@H]1OC(C)=O. The topological polar surface area (TPSA) is 97.4 Å². The molecule has 0 radical (unpaired) electrons. The highest BCUT2D eigenvalue weighted by atomic mass is 16.7. The van der Waals surface area contributed by atoms with Crippen LogP contribution < -0.4 is 0 Å². The Hall–Kier alpha value is -1.67. The van der Waals surface area contributed by atoms with Crippen LogP contribution >= 0.6 is 0 Å². The summed E-state index contributed by atoms with van der Waals surface area (Å²) < 4.78 is 26.4. The van der Waals surface area contributed by atoms with Crippen LogP contribution in [0.1, 0.15) is 20.3 Å². The molecule has 124 valence electrons. The van der Waals surface area contributed by atoms with Crippen molar-refractivity contribution in [2.45, 2.75) is 44.9 Å². The summed E-state index contributed by atoms with van der Waals surface area (Å²) in [5.74, 6) is -2.24. The maximum atomic E-state index is 11.6. The molecule has 1 aliphatic heterocycles. The highest BCUT2D eigenvalue weighted by molar-refractivity contribution is 5.73. The summed E-state index contributed by atoms with van der Waals surface area (Å²) in [6.07, 6.45) is -2.91. The standard InChI is InChI=1S/C14H20O8/c1-6(15)20-12-10(14(18-3)19-4)8-5-9(17)22-11(8)13(12)21-7(2)16/h8,10-14H,5H2,1-4H3/t8-,10+,11-,12-,13+/m1/s1. The molecule has 0 spiro atoms. The van der Waals surface area contributed by atoms with Crippen LogP contribution in [-0.4, -0.2) is 56.7 Å². The van der Waals surface area contributed by atoms with Gasteiger partial charge in [0, 0.05) is 34.0 Å². The molecule has 0 aromatic carbocycles. The first-order valence-corrected chi connectivity index (χ1v) is 6.98. The van der Waals surface area contributed by atoms with Gasteiger partial charge in [0.15, 0.2) is 18.5 Å². The molecule has 8 heteroatoms. The van der Waals surface area contributed by atoms with E-state index in [1.807, 2.05) is 0 Å². The molecule has 1 heterocycles. The lowest BCUT2D eigenvalue weighted by Gasteiger charge is -2.30. The molecule has 2 aliphatic rings. The number of carbonyl (C=O) groups is 3. The molecule has 0 amide bonds. The molecule has 1 aliphatic carbocycles. The van der Waals surface area contributed by atoms with Crippen LogP contribution in [-0.2, 0) is 38.1 Å². The van der Waals surface area contributed by atoms with Gasteiger partial charge in [-0.3, -0.25) is 14.4 Å². The lowest BCUT2D eigenvalue weighted by Crippen LogP contribution is -2.43. The maximum absolute atomic E-state index is 11.6. The van der Waals surface area contributed by atoms with Crippen LogP contribution in [0.15, 0.2) is 0 Å². The first-order chi connectivity index (χ1) is 10.4. The second-order valence-corrected chi connectivity index (χ2v) is 5.39. The highest BCUT2D eigenvalue weighted by Crippen LogP contribution is 2.46. The van der Waals surface area contributed by atoms with Crippen molar-refractivity contribution in [3.63, 3.8) is 0 Å². The summed E-state index contributed by atoms with van der Waals surface area (Å²) in [5, 5.41) is 0. The molecule has 1 saturated carbocycles. The van der Waals surface area contributed by atoms with Gasteiger partial charge in [-0.25, -0.2) is 0 Å². The summed E-state index contributed by atoms with van der Waals surface area (Å²) in [6.45, 7) is 2.50. The number of esters is 3. The van der Waals surface area contributed by atoms with E-state index in [9.17, 15) is 14.4 Å². The number of ether oxygens (including phenoxy) is 5. The average molecular weight is 316 g/mol. The number of hydrogen-bond acceptors (Lipinski definition) is 8. The van der Waals surface area contributed by atoms with Gasteiger partial charge in [-0.05, 0) is 0 Å². The van der Waals surface area contributed by atoms with Crippen LogP contribution in [0.5, 0.6) is 0 Å². The number of methoxy groups -OCH3 is 2. The first-order valence-electron chi connectivity index (χ1n) is 6.98. The van der Waals surface area contributed by atoms with Gasteiger partial charge < -0.3 is 23.7 Å². The van der Waals surface area contributed by atoms with E-state index in [4.69, 9.17) is 23.7 Å². The van der Waals surface area contributed by atoms with Crippen LogP contribution in [0.3, 0.4) is 0 Å². The molecule has 22 heavy (non-hydrogen) atoms. The molecule has 8 nitrogen and oxygen atoms in total. The van der Waals surface area contributed by atoms with Crippen molar-refractivity contribution in [2.75, 3.05) is 14.2 Å². The smallest absolute Gasteiger partial charge is 0.306 e. The van der Waals surface area contributed by atoms with Crippen molar-refractivity contribution in [1.29, 1.82) is 0 Å². The van der Waals surface area contributed by atoms with Gasteiger partial charge in [0.1, 0.15) is 6.10 Å². The van der Waals surface area contributed by atoms with Gasteiger partial charge in [0.25, 0.3) is 0 Å². The van der Waals surface area contributed by atoms with Crippen molar-refractivity contribution in [2.24, 2.45) is 11.8 Å². The lowest BCUT2D eigenvalue weighted by atomic mass is 9.91. The van der Waals surface area contributed by atoms with Crippen molar-refractivity contribution < 1.29 is 38.1 Å². The summed E-state index contributed by atoms with van der Waals surface area (Å²) in [4.78, 5) is 34.4. The predicted octanol–water partition coefficient (Wildman–Crippen LogP) is 0.0302. The molecule has 1 saturated heterocycles. The minimum Gasteiger partial charge on any atom is -0.458 e. The summed E-state index contributed by atoms with van der Waals surface area (Å²) in [5.41, 5.74) is 0. The van der Waals surface area contributed by atoms with Crippen molar-refractivity contribution in [3.8, 4) is 0 Å². The largest absolute Gasteiger partial charge is 0.458 e. The fourth-order valence-electron chi connectivity index (χ4n) is 3.34. The van der Waals surface area contributed by atoms with Crippen LogP contribution in [0, 0.1) is 11.8 Å². The van der Waals surface area contributed by atoms with E-state index < -0.39 is 42.5 Å². The zero-order valence-electron chi connectivity index (χ0n) is 12.9. The van der Waals surface area contributed by atoms with Gasteiger partial charge >= 0.3 is 17.9 Å². The molecule has 0 aromatic rings. The zero-order chi connectivity index (χ0) is 16.4. The first kappa shape index (κ1) is 16.7. The van der Waals surface area contributed by atoms with E-state index in [0.29, 0.717) is 0 Å². The molecule has 0 unspecified atom stereocenters. The van der Waals surface area contributed by atoms with Gasteiger partial charge in [0.2, 0.25) is 0 Å². The van der Waals surface area contributed by atoms with Crippen LogP contribution in [0.4, 0.5) is 0 Å². The maximum Gasteiger partial charge on any atom is 0.306 e. The van der Waals surface area contributed by atoms with E-state index in [0.717, 1.165) is 0 Å². The van der Waals surface area contributed by atoms with Crippen LogP contribution in [0.25, 0.3) is 0 Å². The Morgan fingerprint density at radius 1 is 1.09 bits per heavy atom. The Bertz CT molecular complexity index is 458. The summed E-state index contributed by atoms with van der Waals surface area (Å²) in [7, 11) is 2.90. The average Bonchev–Trinajstić information content (AvgIpc) is 2.90. The van der Waals surface area contributed by atoms with E-state index in [1.165, 1.54) is 28.1 Å². The van der Waals surface area contributed by atoms with Crippen molar-refractivity contribution in [1.82, 2.24) is 0 Å². The highest BCUT2D eigenvalue weighted by Gasteiger charge is 2.62. The summed E-state index contributed by atoms with van der Waals surface area (Å²) in [6, 6.07) is 0. The van der Waals surface area contributed by atoms with E-state index >= 15 is 0 Å². The molecular weight excluding hydrogens is 296 g/mol. The van der Waals surface area contributed by atoms with E-state index in [1.54, 1.807) is 0 Å². The van der Waals surface area contributed by atoms with Crippen molar-refractivity contribution in [3.05, 3.63) is 0 Å². The van der Waals surface area contributed by atoms with E-state index in [2.05, 4.69) is 0 Å². The quantitative estimate of drug-likeness (QED) is 0.398. The third-order valence-corrected chi connectivity index (χ3v) is 4.00. The predicted molar refractivity (Wildman–Crippen MR) is 70.4 cm³/mol. The number of carbonyl (C=O) groups excluding carboxylic acids is 3. The minimum absolute atomic E-state index is 0.133. The Balaban J connectivity index is 2.35. The van der Waals surface area contributed by atoms with Crippen LogP contribution in [0.2, 0.25) is 0 Å². The molecule has 0 aromatic heterocycles. The Morgan fingerprint density at radius 3 is 2.14 bits per heavy atom. The normalized spacial score (nSPS) is 33.5. The number of fused-ring (bicyclic) bond motifs is 1. The Kier molecular flexibility index (Phi) is 5.02. The molecule has 0 N–H and O–H groups in total. The second-order valence-electron chi connectivity index (χ2n) is 5.39. The van der Waals surface area contributed by atoms with Gasteiger partial charge in [0.05, 0.1) is 12.3 Å². The second kappa shape index (κ2) is 6.62. The molecular formula is C14H20O8. The fourth-order valence-corrected chi connectivity index (χ4v) is 3.34. The van der Waals surface area contributed by atoms with Crippen molar-refractivity contribution >= 4 is 17.9 Å².